The first-order valence-electron chi connectivity index (χ1n) is 4.38. The number of rotatable bonds is 7. The van der Waals surface area contributed by atoms with E-state index in [1.807, 2.05) is 18.2 Å². The van der Waals surface area contributed by atoms with Crippen LogP contribution in [-0.4, -0.2) is 8.07 Å². The summed E-state index contributed by atoms with van der Waals surface area (Å²) in [5.74, 6) is 0. The highest BCUT2D eigenvalue weighted by Gasteiger charge is 2.26. The Bertz CT molecular complexity index is 132. The summed E-state index contributed by atoms with van der Waals surface area (Å²) in [5, 5.41) is 0. The summed E-state index contributed by atoms with van der Waals surface area (Å²) < 4.78 is 0. The van der Waals surface area contributed by atoms with Crippen LogP contribution in [0.1, 0.15) is 6.92 Å². The molecule has 0 saturated carbocycles. The van der Waals surface area contributed by atoms with E-state index < -0.39 is 8.07 Å². The van der Waals surface area contributed by atoms with Crippen LogP contribution in [0.15, 0.2) is 38.0 Å². The molecule has 12 heavy (non-hydrogen) atoms. The molecule has 0 N–H and O–H groups in total. The van der Waals surface area contributed by atoms with Gasteiger partial charge in [0.25, 0.3) is 0 Å². The molecule has 0 nitrogen and oxygen atoms in total. The molecular formula is C11H19Si. The van der Waals surface area contributed by atoms with Crippen LogP contribution in [-0.2, 0) is 0 Å². The second-order valence-corrected chi connectivity index (χ2v) is 7.66. The van der Waals surface area contributed by atoms with Gasteiger partial charge in [0.1, 0.15) is 0 Å². The first-order valence-corrected chi connectivity index (χ1v) is 7.07. The van der Waals surface area contributed by atoms with Gasteiger partial charge in [-0.1, -0.05) is 25.2 Å². The molecule has 0 rings (SSSR count). The Morgan fingerprint density at radius 2 is 1.25 bits per heavy atom. The Hall–Kier alpha value is -0.563. The molecule has 0 unspecified atom stereocenters. The fourth-order valence-electron chi connectivity index (χ4n) is 1.47. The van der Waals surface area contributed by atoms with Crippen molar-refractivity contribution >= 4 is 8.07 Å². The summed E-state index contributed by atoms with van der Waals surface area (Å²) in [6, 6.07) is 5.79. The van der Waals surface area contributed by atoms with Gasteiger partial charge in [-0.2, -0.15) is 0 Å². The molecular weight excluding hydrogens is 160 g/mol. The summed E-state index contributed by atoms with van der Waals surface area (Å²) in [7, 11) is -1.25. The van der Waals surface area contributed by atoms with Crippen molar-refractivity contribution in [2.75, 3.05) is 0 Å². The van der Waals surface area contributed by atoms with Gasteiger partial charge < -0.3 is 0 Å². The average molecular weight is 179 g/mol. The number of allylic oxidation sites excluding steroid dienone is 3. The minimum absolute atomic E-state index is 1.14. The predicted octanol–water partition coefficient (Wildman–Crippen LogP) is 3.76. The van der Waals surface area contributed by atoms with Crippen molar-refractivity contribution in [2.45, 2.75) is 25.1 Å². The number of hydrogen-bond donors (Lipinski definition) is 0. The van der Waals surface area contributed by atoms with Gasteiger partial charge in [0, 0.05) is 0 Å². The SMILES string of the molecule is C=CC[Si]([CH]C)(CC=C)CC=C. The Kier molecular flexibility index (Phi) is 5.73. The molecule has 0 atom stereocenters. The molecule has 67 valence electrons. The highest BCUT2D eigenvalue weighted by Crippen LogP contribution is 2.24. The van der Waals surface area contributed by atoms with E-state index in [1.165, 1.54) is 0 Å². The van der Waals surface area contributed by atoms with E-state index in [4.69, 9.17) is 0 Å². The van der Waals surface area contributed by atoms with Crippen LogP contribution < -0.4 is 0 Å². The number of hydrogen-bond acceptors (Lipinski definition) is 0. The lowest BCUT2D eigenvalue weighted by Crippen LogP contribution is -2.32. The van der Waals surface area contributed by atoms with Crippen molar-refractivity contribution in [1.29, 1.82) is 0 Å². The lowest BCUT2D eigenvalue weighted by Gasteiger charge is -2.26. The maximum Gasteiger partial charge on any atom is 0.0676 e. The molecule has 0 aromatic carbocycles. The maximum absolute atomic E-state index is 3.80. The molecule has 0 amide bonds. The third kappa shape index (κ3) is 3.22. The van der Waals surface area contributed by atoms with E-state index in [2.05, 4.69) is 32.7 Å². The predicted molar refractivity (Wildman–Crippen MR) is 60.7 cm³/mol. The van der Waals surface area contributed by atoms with Crippen LogP contribution >= 0.6 is 0 Å². The normalized spacial score (nSPS) is 10.8. The molecule has 0 saturated heterocycles. The molecule has 0 fully saturated rings. The van der Waals surface area contributed by atoms with Crippen molar-refractivity contribution in [3.8, 4) is 0 Å². The van der Waals surface area contributed by atoms with Gasteiger partial charge >= 0.3 is 0 Å². The summed E-state index contributed by atoms with van der Waals surface area (Å²) in [4.78, 5) is 0. The second-order valence-electron chi connectivity index (χ2n) is 3.13. The zero-order valence-electron chi connectivity index (χ0n) is 8.05. The Morgan fingerprint density at radius 3 is 1.42 bits per heavy atom. The van der Waals surface area contributed by atoms with Crippen LogP contribution in [0.25, 0.3) is 0 Å². The lowest BCUT2D eigenvalue weighted by atomic mass is 10.7. The molecule has 0 aliphatic carbocycles. The van der Waals surface area contributed by atoms with Crippen LogP contribution in [0.2, 0.25) is 18.1 Å². The fraction of sp³-hybridized carbons (Fsp3) is 0.364. The third-order valence-electron chi connectivity index (χ3n) is 2.26. The molecule has 0 aromatic rings. The molecule has 0 aromatic heterocycles. The average Bonchev–Trinajstić information content (AvgIpc) is 2.06. The summed E-state index contributed by atoms with van der Waals surface area (Å²) in [6.45, 7) is 13.6. The van der Waals surface area contributed by atoms with Crippen molar-refractivity contribution in [2.24, 2.45) is 0 Å². The van der Waals surface area contributed by atoms with Crippen molar-refractivity contribution in [1.82, 2.24) is 0 Å². The largest absolute Gasteiger partial charge is 0.103 e. The maximum atomic E-state index is 3.80. The van der Waals surface area contributed by atoms with Crippen LogP contribution in [0.5, 0.6) is 0 Å². The van der Waals surface area contributed by atoms with E-state index in [1.54, 1.807) is 0 Å². The first-order chi connectivity index (χ1) is 5.74. The summed E-state index contributed by atoms with van der Waals surface area (Å²) in [6.07, 6.45) is 6.08. The molecule has 0 aliphatic heterocycles. The standard InChI is InChI=1S/C11H19Si/c1-5-9-12(8-4,10-6-2)11-7-3/h5-8H,1-3,9-11H2,4H3. The van der Waals surface area contributed by atoms with Gasteiger partial charge in [0.2, 0.25) is 0 Å². The highest BCUT2D eigenvalue weighted by atomic mass is 28.3. The van der Waals surface area contributed by atoms with Gasteiger partial charge in [-0.3, -0.25) is 0 Å². The first kappa shape index (κ1) is 11.4. The molecule has 1 radical (unpaired) electrons. The molecule has 0 heterocycles. The quantitative estimate of drug-likeness (QED) is 0.412. The minimum Gasteiger partial charge on any atom is -0.103 e. The molecule has 0 spiro atoms. The van der Waals surface area contributed by atoms with Gasteiger partial charge in [0.05, 0.1) is 8.07 Å². The minimum atomic E-state index is -1.25. The smallest absolute Gasteiger partial charge is 0.0676 e. The van der Waals surface area contributed by atoms with Crippen molar-refractivity contribution < 1.29 is 0 Å². The van der Waals surface area contributed by atoms with Crippen molar-refractivity contribution in [3.05, 3.63) is 44.0 Å². The van der Waals surface area contributed by atoms with Gasteiger partial charge in [-0.25, -0.2) is 0 Å². The van der Waals surface area contributed by atoms with Gasteiger partial charge in [-0.15, -0.1) is 19.7 Å². The van der Waals surface area contributed by atoms with Crippen molar-refractivity contribution in [3.63, 3.8) is 0 Å². The Balaban J connectivity index is 4.35. The third-order valence-corrected chi connectivity index (χ3v) is 6.79. The van der Waals surface area contributed by atoms with E-state index in [-0.39, 0.29) is 0 Å². The zero-order valence-corrected chi connectivity index (χ0v) is 9.05. The monoisotopic (exact) mass is 179 g/mol. The summed E-state index contributed by atoms with van der Waals surface area (Å²) >= 11 is 0. The fourth-order valence-corrected chi connectivity index (χ4v) is 4.40. The summed E-state index contributed by atoms with van der Waals surface area (Å²) in [5.41, 5.74) is 0. The van der Waals surface area contributed by atoms with Gasteiger partial charge in [0.15, 0.2) is 0 Å². The molecule has 0 bridgehead atoms. The Morgan fingerprint density at radius 1 is 0.917 bits per heavy atom. The van der Waals surface area contributed by atoms with E-state index in [0.29, 0.717) is 0 Å². The highest BCUT2D eigenvalue weighted by molar-refractivity contribution is 6.84. The Labute approximate surface area is 77.7 Å². The topological polar surface area (TPSA) is 0 Å². The van der Waals surface area contributed by atoms with Crippen LogP contribution in [0, 0.1) is 6.04 Å². The van der Waals surface area contributed by atoms with E-state index >= 15 is 0 Å². The van der Waals surface area contributed by atoms with Gasteiger partial charge in [-0.05, 0) is 24.2 Å². The van der Waals surface area contributed by atoms with E-state index in [9.17, 15) is 0 Å². The molecule has 1 heteroatoms. The van der Waals surface area contributed by atoms with Crippen LogP contribution in [0.4, 0.5) is 0 Å². The zero-order chi connectivity index (χ0) is 9.45. The van der Waals surface area contributed by atoms with E-state index in [0.717, 1.165) is 18.1 Å². The molecule has 0 aliphatic rings. The lowest BCUT2D eigenvalue weighted by molar-refractivity contribution is 1.33. The second kappa shape index (κ2) is 6.01. The van der Waals surface area contributed by atoms with Crippen LogP contribution in [0.3, 0.4) is 0 Å².